The van der Waals surface area contributed by atoms with Crippen molar-refractivity contribution in [2.75, 3.05) is 13.7 Å². The molecule has 24 heavy (non-hydrogen) atoms. The Balaban J connectivity index is 2.07. The molecule has 0 radical (unpaired) electrons. The molecule has 6 heteroatoms. The molecule has 1 unspecified atom stereocenters. The van der Waals surface area contributed by atoms with Crippen LogP contribution in [-0.4, -0.2) is 25.7 Å². The molecule has 0 fully saturated rings. The van der Waals surface area contributed by atoms with E-state index in [2.05, 4.69) is 15.9 Å². The molecule has 1 aliphatic rings. The third kappa shape index (κ3) is 2.78. The lowest BCUT2D eigenvalue weighted by atomic mass is 9.97. The van der Waals surface area contributed by atoms with Gasteiger partial charge in [0.25, 0.3) is 0 Å². The molecule has 1 heterocycles. The number of carbonyl (C=O) groups excluding carboxylic acids is 2. The number of hydrogen-bond donors (Lipinski definition) is 0. The van der Waals surface area contributed by atoms with E-state index in [1.165, 1.54) is 0 Å². The van der Waals surface area contributed by atoms with E-state index >= 15 is 0 Å². The summed E-state index contributed by atoms with van der Waals surface area (Å²) < 4.78 is 16.2. The van der Waals surface area contributed by atoms with Gasteiger partial charge in [0.05, 0.1) is 24.8 Å². The normalized spacial score (nSPS) is 15.6. The van der Waals surface area contributed by atoms with Gasteiger partial charge in [0.2, 0.25) is 0 Å². The highest BCUT2D eigenvalue weighted by atomic mass is 79.9. The Labute approximate surface area is 147 Å². The second kappa shape index (κ2) is 6.65. The lowest BCUT2D eigenvalue weighted by Crippen LogP contribution is -2.08. The molecule has 5 nitrogen and oxygen atoms in total. The minimum Gasteiger partial charge on any atom is -0.497 e. The summed E-state index contributed by atoms with van der Waals surface area (Å²) in [5.74, 6) is -0.149. The average Bonchev–Trinajstić information content (AvgIpc) is 2.93. The first-order valence-electron chi connectivity index (χ1n) is 7.41. The number of hydrogen-bond acceptors (Lipinski definition) is 5. The lowest BCUT2D eigenvalue weighted by molar-refractivity contribution is 0.0455. The van der Waals surface area contributed by atoms with Gasteiger partial charge in [-0.3, -0.25) is 0 Å². The fourth-order valence-electron chi connectivity index (χ4n) is 2.64. The van der Waals surface area contributed by atoms with Crippen LogP contribution < -0.4 is 4.74 Å². The van der Waals surface area contributed by atoms with Crippen LogP contribution in [0.15, 0.2) is 40.9 Å². The van der Waals surface area contributed by atoms with Crippen molar-refractivity contribution >= 4 is 27.9 Å². The standard InChI is InChI=1S/C18H15BrO5/c1-3-23-17(20)13-9-8-12-14(15(13)19)16(24-18(12)21)10-4-6-11(22-2)7-5-10/h4-9,16H,3H2,1-2H3. The van der Waals surface area contributed by atoms with E-state index in [4.69, 9.17) is 14.2 Å². The maximum atomic E-state index is 12.1. The predicted molar refractivity (Wildman–Crippen MR) is 90.4 cm³/mol. The maximum Gasteiger partial charge on any atom is 0.339 e. The van der Waals surface area contributed by atoms with Crippen LogP contribution in [0.2, 0.25) is 0 Å². The zero-order valence-electron chi connectivity index (χ0n) is 13.2. The molecule has 0 N–H and O–H groups in total. The molecule has 0 bridgehead atoms. The van der Waals surface area contributed by atoms with E-state index in [-0.39, 0.29) is 6.61 Å². The number of fused-ring (bicyclic) bond motifs is 1. The van der Waals surface area contributed by atoms with Crippen LogP contribution in [0.5, 0.6) is 5.75 Å². The minimum absolute atomic E-state index is 0.277. The zero-order chi connectivity index (χ0) is 17.3. The smallest absolute Gasteiger partial charge is 0.339 e. The van der Waals surface area contributed by atoms with Crippen molar-refractivity contribution in [2.45, 2.75) is 13.0 Å². The van der Waals surface area contributed by atoms with Gasteiger partial charge in [0.15, 0.2) is 6.10 Å². The van der Waals surface area contributed by atoms with E-state index in [0.717, 1.165) is 5.56 Å². The maximum absolute atomic E-state index is 12.1. The second-order valence-corrected chi connectivity index (χ2v) is 5.96. The number of carbonyl (C=O) groups is 2. The summed E-state index contributed by atoms with van der Waals surface area (Å²) in [7, 11) is 1.59. The molecule has 0 aliphatic carbocycles. The molecule has 0 saturated carbocycles. The summed E-state index contributed by atoms with van der Waals surface area (Å²) in [6.45, 7) is 2.02. The van der Waals surface area contributed by atoms with Crippen LogP contribution in [-0.2, 0) is 9.47 Å². The zero-order valence-corrected chi connectivity index (χ0v) is 14.8. The molecule has 2 aromatic carbocycles. The van der Waals surface area contributed by atoms with Crippen LogP contribution in [0, 0.1) is 0 Å². The van der Waals surface area contributed by atoms with Crippen molar-refractivity contribution in [3.63, 3.8) is 0 Å². The quantitative estimate of drug-likeness (QED) is 0.740. The van der Waals surface area contributed by atoms with Crippen LogP contribution in [0.4, 0.5) is 0 Å². The van der Waals surface area contributed by atoms with E-state index in [1.54, 1.807) is 38.3 Å². The van der Waals surface area contributed by atoms with E-state index in [9.17, 15) is 9.59 Å². The van der Waals surface area contributed by atoms with Crippen molar-refractivity contribution in [3.05, 3.63) is 63.1 Å². The fraction of sp³-hybridized carbons (Fsp3) is 0.222. The summed E-state index contributed by atoms with van der Waals surface area (Å²) >= 11 is 3.44. The molecular weight excluding hydrogens is 376 g/mol. The van der Waals surface area contributed by atoms with Gasteiger partial charge in [-0.1, -0.05) is 12.1 Å². The molecule has 1 atom stereocenters. The number of cyclic esters (lactones) is 1. The van der Waals surface area contributed by atoms with E-state index in [1.807, 2.05) is 12.1 Å². The van der Waals surface area contributed by atoms with Gasteiger partial charge in [-0.2, -0.15) is 0 Å². The summed E-state index contributed by atoms with van der Waals surface area (Å²) in [6, 6.07) is 10.4. The van der Waals surface area contributed by atoms with Crippen molar-refractivity contribution in [2.24, 2.45) is 0 Å². The minimum atomic E-state index is -0.581. The number of halogens is 1. The number of methoxy groups -OCH3 is 1. The van der Waals surface area contributed by atoms with E-state index in [0.29, 0.717) is 26.9 Å². The first-order chi connectivity index (χ1) is 11.6. The van der Waals surface area contributed by atoms with Crippen LogP contribution in [0.25, 0.3) is 0 Å². The van der Waals surface area contributed by atoms with E-state index < -0.39 is 18.0 Å². The molecule has 0 saturated heterocycles. The summed E-state index contributed by atoms with van der Waals surface area (Å²) in [6.07, 6.45) is -0.581. The third-order valence-electron chi connectivity index (χ3n) is 3.80. The highest BCUT2D eigenvalue weighted by Crippen LogP contribution is 2.42. The van der Waals surface area contributed by atoms with Crippen molar-refractivity contribution in [3.8, 4) is 5.75 Å². The SMILES string of the molecule is CCOC(=O)c1ccc2c(c1Br)C(c1ccc(OC)cc1)OC2=O. The van der Waals surface area contributed by atoms with Gasteiger partial charge >= 0.3 is 11.9 Å². The van der Waals surface area contributed by atoms with Gasteiger partial charge in [-0.05, 0) is 52.7 Å². The number of esters is 2. The highest BCUT2D eigenvalue weighted by Gasteiger charge is 2.36. The van der Waals surface area contributed by atoms with Crippen LogP contribution >= 0.6 is 15.9 Å². The first kappa shape index (κ1) is 16.5. The molecule has 2 aromatic rings. The summed E-state index contributed by atoms with van der Waals surface area (Å²) in [4.78, 5) is 24.2. The van der Waals surface area contributed by atoms with Crippen LogP contribution in [0.1, 0.15) is 44.9 Å². The molecule has 1 aliphatic heterocycles. The summed E-state index contributed by atoms with van der Waals surface area (Å²) in [5.41, 5.74) is 2.24. The number of ether oxygens (including phenoxy) is 3. The fourth-order valence-corrected chi connectivity index (χ4v) is 3.35. The monoisotopic (exact) mass is 390 g/mol. The Morgan fingerprint density at radius 3 is 2.54 bits per heavy atom. The van der Waals surface area contributed by atoms with Gasteiger partial charge in [0.1, 0.15) is 5.75 Å². The Morgan fingerprint density at radius 1 is 1.21 bits per heavy atom. The Morgan fingerprint density at radius 2 is 1.92 bits per heavy atom. The number of benzene rings is 2. The molecule has 0 aromatic heterocycles. The Bertz CT molecular complexity index is 798. The molecule has 124 valence electrons. The van der Waals surface area contributed by atoms with Gasteiger partial charge < -0.3 is 14.2 Å². The van der Waals surface area contributed by atoms with Crippen LogP contribution in [0.3, 0.4) is 0 Å². The Kier molecular flexibility index (Phi) is 4.57. The van der Waals surface area contributed by atoms with Gasteiger partial charge in [0, 0.05) is 10.0 Å². The van der Waals surface area contributed by atoms with Gasteiger partial charge in [-0.15, -0.1) is 0 Å². The molecule has 0 amide bonds. The average molecular weight is 391 g/mol. The van der Waals surface area contributed by atoms with Crippen molar-refractivity contribution in [1.82, 2.24) is 0 Å². The molecule has 0 spiro atoms. The largest absolute Gasteiger partial charge is 0.497 e. The summed E-state index contributed by atoms with van der Waals surface area (Å²) in [5, 5.41) is 0. The first-order valence-corrected chi connectivity index (χ1v) is 8.20. The Hall–Kier alpha value is -2.34. The topological polar surface area (TPSA) is 61.8 Å². The highest BCUT2D eigenvalue weighted by molar-refractivity contribution is 9.10. The third-order valence-corrected chi connectivity index (χ3v) is 4.65. The molecular formula is C18H15BrO5. The second-order valence-electron chi connectivity index (χ2n) is 5.17. The van der Waals surface area contributed by atoms with Gasteiger partial charge in [-0.25, -0.2) is 9.59 Å². The lowest BCUT2D eigenvalue weighted by Gasteiger charge is -2.14. The van der Waals surface area contributed by atoms with Crippen molar-refractivity contribution < 1.29 is 23.8 Å². The van der Waals surface area contributed by atoms with Crippen molar-refractivity contribution in [1.29, 1.82) is 0 Å². The number of rotatable bonds is 4. The predicted octanol–water partition coefficient (Wildman–Crippen LogP) is 3.89. The molecule has 3 rings (SSSR count).